The van der Waals surface area contributed by atoms with Crippen LogP contribution in [0.5, 0.6) is 17.2 Å². The Labute approximate surface area is 169 Å². The average molecular weight is 476 g/mol. The van der Waals surface area contributed by atoms with Crippen molar-refractivity contribution in [3.05, 3.63) is 17.7 Å². The van der Waals surface area contributed by atoms with Gasteiger partial charge in [0.15, 0.2) is 11.5 Å². The van der Waals surface area contributed by atoms with Crippen LogP contribution in [0, 0.1) is 5.92 Å². The number of rotatable bonds is 10. The molecule has 146 valence electrons. The van der Waals surface area contributed by atoms with Crippen LogP contribution in [0.1, 0.15) is 55.3 Å². The van der Waals surface area contributed by atoms with Gasteiger partial charge >= 0.3 is 5.97 Å². The van der Waals surface area contributed by atoms with Gasteiger partial charge in [0.2, 0.25) is 5.75 Å². The highest BCUT2D eigenvalue weighted by Crippen LogP contribution is 2.39. The van der Waals surface area contributed by atoms with E-state index in [-0.39, 0.29) is 5.97 Å². The molecule has 0 radical (unpaired) electrons. The van der Waals surface area contributed by atoms with Gasteiger partial charge in [0.05, 0.1) is 33.0 Å². The van der Waals surface area contributed by atoms with Gasteiger partial charge in [0.25, 0.3) is 0 Å². The first-order valence-corrected chi connectivity index (χ1v) is 10.8. The van der Waals surface area contributed by atoms with Gasteiger partial charge in [0, 0.05) is 0 Å². The topological polar surface area (TPSA) is 54.0 Å². The average Bonchev–Trinajstić information content (AvgIpc) is 2.69. The lowest BCUT2D eigenvalue weighted by Crippen LogP contribution is -2.16. The molecule has 0 aromatic heterocycles. The molecule has 1 aromatic carbocycles. The normalized spacial score (nSPS) is 14.7. The minimum absolute atomic E-state index is 0.367. The summed E-state index contributed by atoms with van der Waals surface area (Å²) < 4.78 is 23.3. The van der Waals surface area contributed by atoms with Crippen LogP contribution in [0.2, 0.25) is 0 Å². The number of ether oxygens (including phenoxy) is 4. The molecule has 26 heavy (non-hydrogen) atoms. The number of methoxy groups -OCH3 is 2. The molecule has 1 saturated carbocycles. The van der Waals surface area contributed by atoms with Gasteiger partial charge in [-0.05, 0) is 48.2 Å². The van der Waals surface area contributed by atoms with E-state index < -0.39 is 0 Å². The number of halogens is 1. The second-order valence-electron chi connectivity index (χ2n) is 6.56. The molecule has 1 aliphatic rings. The third kappa shape index (κ3) is 6.21. The zero-order chi connectivity index (χ0) is 18.8. The van der Waals surface area contributed by atoms with E-state index in [2.05, 4.69) is 22.6 Å². The SMILES string of the molecule is COc1cc(C(=O)OCCCCI)cc(OC)c1OCC1CCCCC1. The van der Waals surface area contributed by atoms with E-state index in [1.807, 2.05) is 0 Å². The van der Waals surface area contributed by atoms with Crippen LogP contribution in [-0.4, -0.2) is 37.8 Å². The first-order chi connectivity index (χ1) is 12.7. The highest BCUT2D eigenvalue weighted by Gasteiger charge is 2.21. The fourth-order valence-corrected chi connectivity index (χ4v) is 3.68. The number of hydrogen-bond acceptors (Lipinski definition) is 5. The summed E-state index contributed by atoms with van der Waals surface area (Å²) in [6.07, 6.45) is 8.16. The summed E-state index contributed by atoms with van der Waals surface area (Å²) >= 11 is 2.31. The maximum Gasteiger partial charge on any atom is 0.338 e. The van der Waals surface area contributed by atoms with Gasteiger partial charge < -0.3 is 18.9 Å². The minimum Gasteiger partial charge on any atom is -0.493 e. The summed E-state index contributed by atoms with van der Waals surface area (Å²) in [4.78, 5) is 12.3. The molecule has 0 saturated heterocycles. The van der Waals surface area contributed by atoms with Gasteiger partial charge in [-0.2, -0.15) is 0 Å². The molecule has 0 unspecified atom stereocenters. The number of esters is 1. The molecule has 0 bridgehead atoms. The summed E-state index contributed by atoms with van der Waals surface area (Å²) in [6, 6.07) is 3.33. The highest BCUT2D eigenvalue weighted by atomic mass is 127. The molecule has 0 atom stereocenters. The van der Waals surface area contributed by atoms with Crippen molar-refractivity contribution in [1.82, 2.24) is 0 Å². The van der Waals surface area contributed by atoms with E-state index in [1.54, 1.807) is 26.4 Å². The van der Waals surface area contributed by atoms with Gasteiger partial charge in [-0.25, -0.2) is 4.79 Å². The minimum atomic E-state index is -0.367. The molecule has 0 N–H and O–H groups in total. The van der Waals surface area contributed by atoms with Crippen molar-refractivity contribution in [3.8, 4) is 17.2 Å². The summed E-state index contributed by atoms with van der Waals surface area (Å²) in [5, 5.41) is 0. The second-order valence-corrected chi connectivity index (χ2v) is 7.64. The number of benzene rings is 1. The van der Waals surface area contributed by atoms with E-state index in [0.717, 1.165) is 17.3 Å². The van der Waals surface area contributed by atoms with E-state index in [4.69, 9.17) is 18.9 Å². The Morgan fingerprint density at radius 3 is 2.31 bits per heavy atom. The van der Waals surface area contributed by atoms with Crippen LogP contribution < -0.4 is 14.2 Å². The van der Waals surface area contributed by atoms with Gasteiger partial charge in [-0.15, -0.1) is 0 Å². The molecule has 1 fully saturated rings. The monoisotopic (exact) mass is 476 g/mol. The van der Waals surface area contributed by atoms with Gasteiger partial charge in [-0.3, -0.25) is 0 Å². The number of hydrogen-bond donors (Lipinski definition) is 0. The second kappa shape index (κ2) is 11.5. The van der Waals surface area contributed by atoms with Crippen LogP contribution in [0.3, 0.4) is 0 Å². The summed E-state index contributed by atoms with van der Waals surface area (Å²) in [7, 11) is 3.13. The predicted molar refractivity (Wildman–Crippen MR) is 110 cm³/mol. The standard InChI is InChI=1S/C20H29IO5/c1-23-17-12-16(20(22)25-11-7-6-10-21)13-18(24-2)19(17)26-14-15-8-4-3-5-9-15/h12-13,15H,3-11,14H2,1-2H3. The molecule has 0 heterocycles. The number of alkyl halides is 1. The van der Waals surface area contributed by atoms with Gasteiger partial charge in [-0.1, -0.05) is 41.9 Å². The van der Waals surface area contributed by atoms with Crippen LogP contribution in [0.15, 0.2) is 12.1 Å². The molecule has 0 amide bonds. The Balaban J connectivity index is 2.06. The third-order valence-corrected chi connectivity index (χ3v) is 5.41. The van der Waals surface area contributed by atoms with Crippen LogP contribution >= 0.6 is 22.6 Å². The Morgan fingerprint density at radius 2 is 1.73 bits per heavy atom. The Bertz CT molecular complexity index is 544. The molecule has 1 aliphatic carbocycles. The number of carbonyl (C=O) groups excluding carboxylic acids is 1. The number of carbonyl (C=O) groups is 1. The molecule has 5 nitrogen and oxygen atoms in total. The molecule has 0 aliphatic heterocycles. The first-order valence-electron chi connectivity index (χ1n) is 9.31. The fraction of sp³-hybridized carbons (Fsp3) is 0.650. The zero-order valence-electron chi connectivity index (χ0n) is 15.7. The summed E-state index contributed by atoms with van der Waals surface area (Å²) in [5.41, 5.74) is 0.415. The molecular weight excluding hydrogens is 447 g/mol. The molecular formula is C20H29IO5. The Morgan fingerprint density at radius 1 is 1.08 bits per heavy atom. The quantitative estimate of drug-likeness (QED) is 0.205. The maximum atomic E-state index is 12.3. The lowest BCUT2D eigenvalue weighted by Gasteiger charge is -2.23. The Hall–Kier alpha value is -1.18. The van der Waals surface area contributed by atoms with Crippen molar-refractivity contribution in [2.75, 3.05) is 31.9 Å². The van der Waals surface area contributed by atoms with Crippen molar-refractivity contribution >= 4 is 28.6 Å². The van der Waals surface area contributed by atoms with Crippen LogP contribution in [0.25, 0.3) is 0 Å². The lowest BCUT2D eigenvalue weighted by atomic mass is 9.90. The van der Waals surface area contributed by atoms with Crippen LogP contribution in [-0.2, 0) is 4.74 Å². The molecule has 2 rings (SSSR count). The predicted octanol–water partition coefficient (Wildman–Crippen LogP) is 5.03. The van der Waals surface area contributed by atoms with E-state index >= 15 is 0 Å². The van der Waals surface area contributed by atoms with Crippen molar-refractivity contribution < 1.29 is 23.7 Å². The largest absolute Gasteiger partial charge is 0.493 e. The Kier molecular flexibility index (Phi) is 9.36. The van der Waals surface area contributed by atoms with Crippen LogP contribution in [0.4, 0.5) is 0 Å². The fourth-order valence-electron chi connectivity index (χ4n) is 3.14. The maximum absolute atomic E-state index is 12.3. The molecule has 6 heteroatoms. The zero-order valence-corrected chi connectivity index (χ0v) is 17.9. The summed E-state index contributed by atoms with van der Waals surface area (Å²) in [5.74, 6) is 1.76. The third-order valence-electron chi connectivity index (χ3n) is 4.65. The first kappa shape index (κ1) is 21.1. The molecule has 0 spiro atoms. The van der Waals surface area contributed by atoms with Gasteiger partial charge in [0.1, 0.15) is 0 Å². The van der Waals surface area contributed by atoms with E-state index in [0.29, 0.717) is 41.9 Å². The van der Waals surface area contributed by atoms with Crippen molar-refractivity contribution in [2.45, 2.75) is 44.9 Å². The van der Waals surface area contributed by atoms with E-state index in [9.17, 15) is 4.79 Å². The van der Waals surface area contributed by atoms with Crippen molar-refractivity contribution in [1.29, 1.82) is 0 Å². The van der Waals surface area contributed by atoms with E-state index in [1.165, 1.54) is 32.1 Å². The smallest absolute Gasteiger partial charge is 0.338 e. The number of unbranched alkanes of at least 4 members (excludes halogenated alkanes) is 1. The highest BCUT2D eigenvalue weighted by molar-refractivity contribution is 14.1. The summed E-state index contributed by atoms with van der Waals surface area (Å²) in [6.45, 7) is 1.07. The van der Waals surface area contributed by atoms with Crippen molar-refractivity contribution in [3.63, 3.8) is 0 Å². The lowest BCUT2D eigenvalue weighted by molar-refractivity contribution is 0.0499. The molecule has 1 aromatic rings. The van der Waals surface area contributed by atoms with Crippen molar-refractivity contribution in [2.24, 2.45) is 5.92 Å².